The minimum atomic E-state index is 0.131. The van der Waals surface area contributed by atoms with Gasteiger partial charge in [-0.2, -0.15) is 0 Å². The quantitative estimate of drug-likeness (QED) is 0.638. The summed E-state index contributed by atoms with van der Waals surface area (Å²) in [5.74, 6) is 3.59. The number of aryl methyl sites for hydroxylation is 2. The van der Waals surface area contributed by atoms with Crippen molar-refractivity contribution in [2.45, 2.75) is 58.7 Å². The zero-order chi connectivity index (χ0) is 17.3. The highest BCUT2D eigenvalue weighted by Gasteiger charge is 2.48. The second-order valence-corrected chi connectivity index (χ2v) is 7.61. The zero-order valence-corrected chi connectivity index (χ0v) is 15.5. The van der Waals surface area contributed by atoms with Crippen LogP contribution in [0.4, 0.5) is 0 Å². The van der Waals surface area contributed by atoms with Gasteiger partial charge in [0.1, 0.15) is 11.6 Å². The van der Waals surface area contributed by atoms with Gasteiger partial charge in [-0.15, -0.1) is 10.2 Å². The van der Waals surface area contributed by atoms with Gasteiger partial charge in [0.25, 0.3) is 0 Å². The van der Waals surface area contributed by atoms with Crippen LogP contribution in [0, 0.1) is 18.3 Å². The summed E-state index contributed by atoms with van der Waals surface area (Å²) in [6.07, 6.45) is 3.49. The third-order valence-electron chi connectivity index (χ3n) is 5.78. The van der Waals surface area contributed by atoms with Crippen molar-refractivity contribution < 1.29 is 4.74 Å². The van der Waals surface area contributed by atoms with E-state index in [4.69, 9.17) is 4.74 Å². The van der Waals surface area contributed by atoms with Gasteiger partial charge in [0.05, 0.1) is 6.10 Å². The van der Waals surface area contributed by atoms with Crippen molar-refractivity contribution >= 4 is 5.96 Å². The van der Waals surface area contributed by atoms with E-state index in [1.165, 1.54) is 0 Å². The molecule has 3 rings (SSSR count). The molecule has 1 aromatic rings. The summed E-state index contributed by atoms with van der Waals surface area (Å²) in [6.45, 7) is 8.41. The monoisotopic (exact) mass is 334 g/mol. The van der Waals surface area contributed by atoms with E-state index >= 15 is 0 Å². The molecule has 0 radical (unpaired) electrons. The highest BCUT2D eigenvalue weighted by molar-refractivity contribution is 5.80. The number of hydrogen-bond acceptors (Lipinski definition) is 4. The van der Waals surface area contributed by atoms with E-state index in [1.54, 1.807) is 7.11 Å². The topological polar surface area (TPSA) is 76.4 Å². The summed E-state index contributed by atoms with van der Waals surface area (Å²) >= 11 is 0. The van der Waals surface area contributed by atoms with Crippen molar-refractivity contribution in [3.63, 3.8) is 0 Å². The average molecular weight is 334 g/mol. The third-order valence-corrected chi connectivity index (χ3v) is 5.78. The Morgan fingerprint density at radius 1 is 1.42 bits per heavy atom. The standard InChI is InChI=1S/C17H30N6O/c1-11-21-22-15-7-6-12(10-23(11)15)9-19-16(18-4)20-13-8-14(24-5)17(13,2)3/h12-14H,6-10H2,1-5H3,(H2,18,19,20). The molecule has 7 nitrogen and oxygen atoms in total. The minimum Gasteiger partial charge on any atom is -0.381 e. The van der Waals surface area contributed by atoms with Crippen molar-refractivity contribution in [3.05, 3.63) is 11.6 Å². The van der Waals surface area contributed by atoms with E-state index in [-0.39, 0.29) is 5.41 Å². The lowest BCUT2D eigenvalue weighted by Gasteiger charge is -2.51. The normalized spacial score (nSPS) is 28.9. The number of nitrogens with zero attached hydrogens (tertiary/aromatic N) is 4. The fourth-order valence-corrected chi connectivity index (χ4v) is 3.83. The maximum atomic E-state index is 5.52. The first-order valence-corrected chi connectivity index (χ1v) is 8.84. The number of fused-ring (bicyclic) bond motifs is 1. The van der Waals surface area contributed by atoms with Crippen LogP contribution in [0.5, 0.6) is 0 Å². The molecule has 2 N–H and O–H groups in total. The van der Waals surface area contributed by atoms with Crippen LogP contribution in [0.2, 0.25) is 0 Å². The number of hydrogen-bond donors (Lipinski definition) is 2. The van der Waals surface area contributed by atoms with E-state index in [9.17, 15) is 0 Å². The molecule has 7 heteroatoms. The number of guanidine groups is 1. The molecule has 1 saturated carbocycles. The van der Waals surface area contributed by atoms with Crippen molar-refractivity contribution in [1.29, 1.82) is 0 Å². The van der Waals surface area contributed by atoms with Crippen LogP contribution in [0.3, 0.4) is 0 Å². The molecule has 0 spiro atoms. The van der Waals surface area contributed by atoms with Gasteiger partial charge < -0.3 is 19.9 Å². The largest absolute Gasteiger partial charge is 0.381 e. The summed E-state index contributed by atoms with van der Waals surface area (Å²) < 4.78 is 7.76. The molecular weight excluding hydrogens is 304 g/mol. The van der Waals surface area contributed by atoms with E-state index < -0.39 is 0 Å². The lowest BCUT2D eigenvalue weighted by atomic mass is 9.64. The average Bonchev–Trinajstić information content (AvgIpc) is 2.94. The van der Waals surface area contributed by atoms with Crippen LogP contribution in [0.1, 0.15) is 38.3 Å². The molecule has 0 aromatic carbocycles. The van der Waals surface area contributed by atoms with Gasteiger partial charge >= 0.3 is 0 Å². The van der Waals surface area contributed by atoms with Crippen molar-refractivity contribution in [2.75, 3.05) is 20.7 Å². The molecule has 1 aliphatic carbocycles. The maximum Gasteiger partial charge on any atom is 0.191 e. The number of nitrogens with one attached hydrogen (secondary N) is 2. The summed E-state index contributed by atoms with van der Waals surface area (Å²) in [5.41, 5.74) is 0.131. The smallest absolute Gasteiger partial charge is 0.191 e. The minimum absolute atomic E-state index is 0.131. The Labute approximate surface area is 144 Å². The second kappa shape index (κ2) is 6.70. The molecule has 0 saturated heterocycles. The van der Waals surface area contributed by atoms with Gasteiger partial charge in [0.2, 0.25) is 0 Å². The lowest BCUT2D eigenvalue weighted by Crippen LogP contribution is -2.63. The Hall–Kier alpha value is -1.63. The lowest BCUT2D eigenvalue weighted by molar-refractivity contribution is -0.0922. The molecule has 2 heterocycles. The maximum absolute atomic E-state index is 5.52. The molecule has 1 fully saturated rings. The SMILES string of the molecule is CN=C(NCC1CCc2nnc(C)n2C1)NC1CC(OC)C1(C)C. The van der Waals surface area contributed by atoms with Crippen molar-refractivity contribution in [3.8, 4) is 0 Å². The molecular formula is C17H30N6O. The van der Waals surface area contributed by atoms with Crippen LogP contribution in [0.25, 0.3) is 0 Å². The van der Waals surface area contributed by atoms with Gasteiger partial charge in [0, 0.05) is 45.1 Å². The molecule has 3 atom stereocenters. The Morgan fingerprint density at radius 2 is 2.21 bits per heavy atom. The number of aromatic nitrogens is 3. The Kier molecular flexibility index (Phi) is 4.80. The molecule has 0 bridgehead atoms. The number of methoxy groups -OCH3 is 1. The Bertz CT molecular complexity index is 608. The van der Waals surface area contributed by atoms with Gasteiger partial charge in [-0.1, -0.05) is 13.8 Å². The Balaban J connectivity index is 1.50. The zero-order valence-electron chi connectivity index (χ0n) is 15.5. The number of ether oxygens (including phenoxy) is 1. The fourth-order valence-electron chi connectivity index (χ4n) is 3.83. The van der Waals surface area contributed by atoms with Gasteiger partial charge in [0.15, 0.2) is 5.96 Å². The summed E-state index contributed by atoms with van der Waals surface area (Å²) in [6, 6.07) is 0.395. The third kappa shape index (κ3) is 3.14. The molecule has 1 aliphatic heterocycles. The van der Waals surface area contributed by atoms with Crippen LogP contribution >= 0.6 is 0 Å². The van der Waals surface area contributed by atoms with Gasteiger partial charge in [-0.25, -0.2) is 0 Å². The van der Waals surface area contributed by atoms with Gasteiger partial charge in [-0.05, 0) is 25.7 Å². The van der Waals surface area contributed by atoms with E-state index in [0.717, 1.165) is 50.0 Å². The predicted octanol–water partition coefficient (Wildman–Crippen LogP) is 1.13. The van der Waals surface area contributed by atoms with E-state index in [2.05, 4.69) is 44.2 Å². The van der Waals surface area contributed by atoms with Crippen molar-refractivity contribution in [2.24, 2.45) is 16.3 Å². The van der Waals surface area contributed by atoms with Crippen LogP contribution in [-0.2, 0) is 17.7 Å². The van der Waals surface area contributed by atoms with Crippen LogP contribution in [-0.4, -0.2) is 53.6 Å². The second-order valence-electron chi connectivity index (χ2n) is 7.61. The fraction of sp³-hybridized carbons (Fsp3) is 0.824. The van der Waals surface area contributed by atoms with Crippen molar-refractivity contribution in [1.82, 2.24) is 25.4 Å². The van der Waals surface area contributed by atoms with E-state index in [1.807, 2.05) is 14.0 Å². The first kappa shape index (κ1) is 17.2. The molecule has 3 unspecified atom stereocenters. The number of aliphatic imine (C=N–C) groups is 1. The van der Waals surface area contributed by atoms with Crippen LogP contribution < -0.4 is 10.6 Å². The first-order valence-electron chi connectivity index (χ1n) is 8.84. The number of rotatable bonds is 4. The molecule has 1 aromatic heterocycles. The highest BCUT2D eigenvalue weighted by Crippen LogP contribution is 2.42. The summed E-state index contributed by atoms with van der Waals surface area (Å²) in [5, 5.41) is 15.5. The summed E-state index contributed by atoms with van der Waals surface area (Å²) in [7, 11) is 3.62. The van der Waals surface area contributed by atoms with E-state index in [0.29, 0.717) is 18.1 Å². The predicted molar refractivity (Wildman–Crippen MR) is 94.1 cm³/mol. The van der Waals surface area contributed by atoms with Gasteiger partial charge in [-0.3, -0.25) is 4.99 Å². The van der Waals surface area contributed by atoms with Crippen LogP contribution in [0.15, 0.2) is 4.99 Å². The molecule has 134 valence electrons. The molecule has 24 heavy (non-hydrogen) atoms. The molecule has 2 aliphatic rings. The highest BCUT2D eigenvalue weighted by atomic mass is 16.5. The Morgan fingerprint density at radius 3 is 2.88 bits per heavy atom. The summed E-state index contributed by atoms with van der Waals surface area (Å²) in [4.78, 5) is 4.38. The first-order chi connectivity index (χ1) is 11.5. The molecule has 0 amide bonds.